The fourth-order valence-electron chi connectivity index (χ4n) is 13.4. The molecule has 0 aromatic heterocycles. The topological polar surface area (TPSA) is 3.24 Å². The minimum atomic E-state index is -0.599. The van der Waals surface area contributed by atoms with Crippen molar-refractivity contribution in [2.75, 3.05) is 4.90 Å². The van der Waals surface area contributed by atoms with Gasteiger partial charge in [0.05, 0.1) is 10.8 Å². The molecule has 0 N–H and O–H groups in total. The molecule has 12 aromatic carbocycles. The maximum Gasteiger partial charge on any atom is 0.0726 e. The van der Waals surface area contributed by atoms with Crippen LogP contribution in [-0.4, -0.2) is 0 Å². The van der Waals surface area contributed by atoms with E-state index in [0.717, 1.165) is 17.1 Å². The Labute approximate surface area is 426 Å². The molecule has 1 heteroatoms. The van der Waals surface area contributed by atoms with Gasteiger partial charge in [0, 0.05) is 17.1 Å². The lowest BCUT2D eigenvalue weighted by atomic mass is 9.61. The van der Waals surface area contributed by atoms with Gasteiger partial charge in [0.1, 0.15) is 0 Å². The summed E-state index contributed by atoms with van der Waals surface area (Å²) in [6, 6.07) is 107. The maximum absolute atomic E-state index is 2.53. The first-order valence-corrected chi connectivity index (χ1v) is 25.5. The van der Waals surface area contributed by atoms with Gasteiger partial charge in [0.25, 0.3) is 0 Å². The molecule has 1 atom stereocenters. The average molecular weight is 926 g/mol. The van der Waals surface area contributed by atoms with Gasteiger partial charge in [-0.2, -0.15) is 0 Å². The smallest absolute Gasteiger partial charge is 0.0726 e. The molecule has 0 fully saturated rings. The Morgan fingerprint density at radius 1 is 0.219 bits per heavy atom. The lowest BCUT2D eigenvalue weighted by Crippen LogP contribution is -2.32. The third-order valence-corrected chi connectivity index (χ3v) is 16.4. The number of anilines is 3. The van der Waals surface area contributed by atoms with Gasteiger partial charge in [-0.1, -0.05) is 249 Å². The lowest BCUT2D eigenvalue weighted by Gasteiger charge is -2.40. The molecular weight excluding hydrogens is 879 g/mol. The number of fused-ring (bicyclic) bond motifs is 12. The minimum Gasteiger partial charge on any atom is -0.310 e. The van der Waals surface area contributed by atoms with E-state index >= 15 is 0 Å². The minimum absolute atomic E-state index is 0.548. The molecule has 3 aliphatic rings. The van der Waals surface area contributed by atoms with Crippen molar-refractivity contribution in [1.29, 1.82) is 0 Å². The van der Waals surface area contributed by atoms with Crippen LogP contribution in [0.15, 0.2) is 285 Å². The lowest BCUT2D eigenvalue weighted by molar-refractivity contribution is 0.768. The summed E-state index contributed by atoms with van der Waals surface area (Å²) < 4.78 is 0. The summed E-state index contributed by atoms with van der Waals surface area (Å²) in [7, 11) is 0. The Balaban J connectivity index is 1.01. The molecule has 0 amide bonds. The second kappa shape index (κ2) is 16.1. The fraction of sp³-hybridized carbons (Fsp3) is 0.0278. The number of hydrogen-bond donors (Lipinski definition) is 0. The number of rotatable bonds is 7. The van der Waals surface area contributed by atoms with Gasteiger partial charge in [-0.25, -0.2) is 0 Å². The Morgan fingerprint density at radius 3 is 1.16 bits per heavy atom. The van der Waals surface area contributed by atoms with E-state index in [9.17, 15) is 0 Å². The molecule has 1 nitrogen and oxygen atoms in total. The molecule has 1 unspecified atom stereocenters. The molecule has 1 spiro atoms. The van der Waals surface area contributed by atoms with Gasteiger partial charge < -0.3 is 4.90 Å². The van der Waals surface area contributed by atoms with E-state index in [1.54, 1.807) is 0 Å². The van der Waals surface area contributed by atoms with Crippen molar-refractivity contribution in [2.24, 2.45) is 0 Å². The molecule has 340 valence electrons. The molecule has 15 rings (SSSR count). The van der Waals surface area contributed by atoms with Crippen LogP contribution in [0, 0.1) is 0 Å². The van der Waals surface area contributed by atoms with Crippen molar-refractivity contribution in [3.8, 4) is 55.6 Å². The third-order valence-electron chi connectivity index (χ3n) is 16.4. The van der Waals surface area contributed by atoms with Gasteiger partial charge in [0.15, 0.2) is 0 Å². The highest BCUT2D eigenvalue weighted by atomic mass is 15.1. The molecule has 0 aliphatic heterocycles. The zero-order valence-electron chi connectivity index (χ0n) is 40.1. The highest BCUT2D eigenvalue weighted by molar-refractivity contribution is 6.12. The summed E-state index contributed by atoms with van der Waals surface area (Å²) in [6.07, 6.45) is 0. The first-order chi connectivity index (χ1) is 36.2. The highest BCUT2D eigenvalue weighted by Crippen LogP contribution is 2.63. The predicted octanol–water partition coefficient (Wildman–Crippen LogP) is 18.4. The van der Waals surface area contributed by atoms with Crippen molar-refractivity contribution in [3.63, 3.8) is 0 Å². The summed E-state index contributed by atoms with van der Waals surface area (Å²) >= 11 is 0. The van der Waals surface area contributed by atoms with Crippen molar-refractivity contribution >= 4 is 27.8 Å². The number of hydrogen-bond acceptors (Lipinski definition) is 1. The van der Waals surface area contributed by atoms with Gasteiger partial charge in [-0.15, -0.1) is 0 Å². The zero-order chi connectivity index (χ0) is 48.1. The third kappa shape index (κ3) is 5.85. The molecule has 0 radical (unpaired) electrons. The van der Waals surface area contributed by atoms with Crippen LogP contribution in [0.3, 0.4) is 0 Å². The molecular formula is C72H47N. The Bertz CT molecular complexity index is 4080. The molecule has 0 saturated carbocycles. The number of benzene rings is 12. The largest absolute Gasteiger partial charge is 0.310 e. The van der Waals surface area contributed by atoms with Crippen molar-refractivity contribution in [2.45, 2.75) is 10.8 Å². The van der Waals surface area contributed by atoms with Crippen molar-refractivity contribution < 1.29 is 0 Å². The van der Waals surface area contributed by atoms with Crippen LogP contribution in [0.5, 0.6) is 0 Å². The van der Waals surface area contributed by atoms with Crippen LogP contribution in [0.2, 0.25) is 0 Å². The quantitative estimate of drug-likeness (QED) is 0.154. The Hall–Kier alpha value is -9.30. The second-order valence-corrected chi connectivity index (χ2v) is 19.8. The summed E-state index contributed by atoms with van der Waals surface area (Å²) in [5.41, 5.74) is 25.0. The van der Waals surface area contributed by atoms with E-state index < -0.39 is 10.8 Å². The Morgan fingerprint density at radius 2 is 0.603 bits per heavy atom. The van der Waals surface area contributed by atoms with E-state index in [4.69, 9.17) is 0 Å². The summed E-state index contributed by atoms with van der Waals surface area (Å²) in [5, 5.41) is 2.59. The van der Waals surface area contributed by atoms with Crippen LogP contribution in [0.1, 0.15) is 44.5 Å². The zero-order valence-corrected chi connectivity index (χ0v) is 40.1. The van der Waals surface area contributed by atoms with Crippen LogP contribution in [-0.2, 0) is 10.8 Å². The number of nitrogens with zero attached hydrogens (tertiary/aromatic N) is 1. The standard InChI is InChI=1S/C72H47N/c1-5-20-48(21-6-1)49-36-38-53(39-37-49)73(54-40-42-60-57-28-13-16-32-64(57)71(68(60)46-54,51-24-9-3-10-25-51)52-26-11-4-12-27-52)55-41-43-61-58-29-14-17-33-65(58)72(69(61)47-55)66-34-18-15-30-59(66)63-45-44-56(50-22-7-2-8-23-50)62-31-19-35-67(72)70(62)63/h1-47H. The molecule has 3 aliphatic carbocycles. The molecule has 0 heterocycles. The average Bonchev–Trinajstić information content (AvgIpc) is 3.94. The van der Waals surface area contributed by atoms with E-state index in [1.807, 2.05) is 0 Å². The van der Waals surface area contributed by atoms with Crippen LogP contribution >= 0.6 is 0 Å². The maximum atomic E-state index is 2.53. The van der Waals surface area contributed by atoms with Crippen LogP contribution in [0.25, 0.3) is 66.4 Å². The summed E-state index contributed by atoms with van der Waals surface area (Å²) in [6.45, 7) is 0. The van der Waals surface area contributed by atoms with Crippen LogP contribution < -0.4 is 4.90 Å². The fourth-order valence-corrected chi connectivity index (χ4v) is 13.4. The normalized spacial score (nSPS) is 15.0. The van der Waals surface area contributed by atoms with Gasteiger partial charge >= 0.3 is 0 Å². The van der Waals surface area contributed by atoms with Gasteiger partial charge in [0.2, 0.25) is 0 Å². The van der Waals surface area contributed by atoms with E-state index in [-0.39, 0.29) is 0 Å². The van der Waals surface area contributed by atoms with Gasteiger partial charge in [-0.3, -0.25) is 0 Å². The Kier molecular flexibility index (Phi) is 9.16. The monoisotopic (exact) mass is 925 g/mol. The predicted molar refractivity (Wildman–Crippen MR) is 303 cm³/mol. The SMILES string of the molecule is c1ccc(-c2ccc(N(c3ccc4c(c3)C(c3ccccc3)(c3ccccc3)c3ccccc3-4)c3ccc4c(c3)C3(c5ccccc5-4)c4ccccc4-c4ccc(-c5ccccc5)c5cccc3c45)cc2)cc1. The second-order valence-electron chi connectivity index (χ2n) is 19.8. The first-order valence-electron chi connectivity index (χ1n) is 25.5. The molecule has 73 heavy (non-hydrogen) atoms. The van der Waals surface area contributed by atoms with E-state index in [2.05, 4.69) is 290 Å². The van der Waals surface area contributed by atoms with Crippen molar-refractivity contribution in [3.05, 3.63) is 330 Å². The highest BCUT2D eigenvalue weighted by Gasteiger charge is 2.51. The van der Waals surface area contributed by atoms with Crippen molar-refractivity contribution in [1.82, 2.24) is 0 Å². The summed E-state index contributed by atoms with van der Waals surface area (Å²) in [4.78, 5) is 2.51. The summed E-state index contributed by atoms with van der Waals surface area (Å²) in [5.74, 6) is 0. The van der Waals surface area contributed by atoms with Gasteiger partial charge in [-0.05, 0) is 147 Å². The molecule has 0 saturated heterocycles. The first kappa shape index (κ1) is 41.5. The molecule has 0 bridgehead atoms. The van der Waals surface area contributed by atoms with E-state index in [1.165, 1.54) is 111 Å². The van der Waals surface area contributed by atoms with E-state index in [0.29, 0.717) is 0 Å². The van der Waals surface area contributed by atoms with Crippen LogP contribution in [0.4, 0.5) is 17.1 Å². The molecule has 12 aromatic rings.